The van der Waals surface area contributed by atoms with Crippen LogP contribution in [-0.2, 0) is 11.2 Å². The zero-order chi connectivity index (χ0) is 22.0. The molecule has 0 bridgehead atoms. The van der Waals surface area contributed by atoms with Gasteiger partial charge >= 0.3 is 5.97 Å². The molecule has 1 heterocycles. The molecule has 31 heavy (non-hydrogen) atoms. The molecule has 1 aliphatic rings. The van der Waals surface area contributed by atoms with Crippen molar-refractivity contribution in [2.45, 2.75) is 12.5 Å². The number of rotatable bonds is 5. The molecule has 1 amide bonds. The first-order valence-corrected chi connectivity index (χ1v) is 9.61. The van der Waals surface area contributed by atoms with Crippen molar-refractivity contribution in [3.8, 4) is 11.5 Å². The highest BCUT2D eigenvalue weighted by atomic mass is 19.1. The van der Waals surface area contributed by atoms with Crippen molar-refractivity contribution >= 4 is 17.6 Å². The molecule has 3 aromatic rings. The molecule has 1 aliphatic heterocycles. The predicted octanol–water partition coefficient (Wildman–Crippen LogP) is 4.55. The number of methoxy groups -OCH3 is 2. The van der Waals surface area contributed by atoms with Crippen LogP contribution >= 0.6 is 0 Å². The van der Waals surface area contributed by atoms with Crippen LogP contribution in [0.25, 0.3) is 0 Å². The average Bonchev–Trinajstić information content (AvgIpc) is 2.79. The minimum absolute atomic E-state index is 0.344. The summed E-state index contributed by atoms with van der Waals surface area (Å²) in [6, 6.07) is 15.7. The fraction of sp³-hybridized carbons (Fsp3) is 0.167. The molecule has 0 aliphatic carbocycles. The van der Waals surface area contributed by atoms with Gasteiger partial charge in [0.05, 0.1) is 25.5 Å². The number of hydrogen-bond donors (Lipinski definition) is 1. The van der Waals surface area contributed by atoms with Gasteiger partial charge in [0.15, 0.2) is 0 Å². The van der Waals surface area contributed by atoms with Gasteiger partial charge in [-0.3, -0.25) is 4.79 Å². The van der Waals surface area contributed by atoms with E-state index < -0.39 is 12.1 Å². The van der Waals surface area contributed by atoms with Gasteiger partial charge in [0.2, 0.25) is 0 Å². The van der Waals surface area contributed by atoms with Crippen LogP contribution in [0, 0.1) is 5.82 Å². The molecule has 1 unspecified atom stereocenters. The zero-order valence-electron chi connectivity index (χ0n) is 17.0. The SMILES string of the molecule is COc1ccc(NC(=O)c2ccc3c(c2)CC(c2ccc(F)cc2)OC3=O)c(OC)c1. The standard InChI is InChI=1S/C24H20FNO5/c1-29-18-8-10-20(22(13-18)30-2)26-23(27)15-5-9-19-16(11-15)12-21(31-24(19)28)14-3-6-17(25)7-4-14/h3-11,13,21H,12H2,1-2H3,(H,26,27). The van der Waals surface area contributed by atoms with E-state index in [-0.39, 0.29) is 11.7 Å². The number of benzene rings is 3. The number of hydrogen-bond acceptors (Lipinski definition) is 5. The summed E-state index contributed by atoms with van der Waals surface area (Å²) in [5.74, 6) is -0.110. The van der Waals surface area contributed by atoms with Crippen molar-refractivity contribution in [2.75, 3.05) is 19.5 Å². The molecule has 0 spiro atoms. The number of fused-ring (bicyclic) bond motifs is 1. The summed E-state index contributed by atoms with van der Waals surface area (Å²) in [4.78, 5) is 25.3. The van der Waals surface area contributed by atoms with Crippen LogP contribution in [0.2, 0.25) is 0 Å². The lowest BCUT2D eigenvalue weighted by molar-refractivity contribution is 0.0252. The summed E-state index contributed by atoms with van der Waals surface area (Å²) in [6.45, 7) is 0. The van der Waals surface area contributed by atoms with Crippen molar-refractivity contribution in [2.24, 2.45) is 0 Å². The van der Waals surface area contributed by atoms with Gasteiger partial charge in [-0.1, -0.05) is 12.1 Å². The average molecular weight is 421 g/mol. The molecule has 0 saturated carbocycles. The number of anilines is 1. The van der Waals surface area contributed by atoms with E-state index in [1.807, 2.05) is 0 Å². The summed E-state index contributed by atoms with van der Waals surface area (Å²) in [5.41, 5.74) is 2.69. The Morgan fingerprint density at radius 2 is 1.81 bits per heavy atom. The second-order valence-corrected chi connectivity index (χ2v) is 7.04. The van der Waals surface area contributed by atoms with Crippen molar-refractivity contribution < 1.29 is 28.2 Å². The Morgan fingerprint density at radius 3 is 2.52 bits per heavy atom. The summed E-state index contributed by atoms with van der Waals surface area (Å²) in [6.07, 6.45) is -0.153. The maximum Gasteiger partial charge on any atom is 0.339 e. The first-order chi connectivity index (χ1) is 15.0. The van der Waals surface area contributed by atoms with Crippen molar-refractivity contribution in [1.82, 2.24) is 0 Å². The van der Waals surface area contributed by atoms with Gasteiger partial charge in [0.1, 0.15) is 23.4 Å². The Balaban J connectivity index is 1.58. The van der Waals surface area contributed by atoms with Crippen molar-refractivity contribution in [3.05, 3.63) is 88.7 Å². The van der Waals surface area contributed by atoms with Crippen LogP contribution in [0.5, 0.6) is 11.5 Å². The molecule has 1 atom stereocenters. The number of halogens is 1. The second kappa shape index (κ2) is 8.47. The largest absolute Gasteiger partial charge is 0.497 e. The number of amides is 1. The Kier molecular flexibility index (Phi) is 5.58. The molecule has 0 radical (unpaired) electrons. The lowest BCUT2D eigenvalue weighted by Crippen LogP contribution is -2.23. The first-order valence-electron chi connectivity index (χ1n) is 9.61. The minimum atomic E-state index is -0.541. The fourth-order valence-electron chi connectivity index (χ4n) is 3.50. The maximum absolute atomic E-state index is 13.2. The number of ether oxygens (including phenoxy) is 3. The van der Waals surface area contributed by atoms with Gasteiger partial charge in [-0.15, -0.1) is 0 Å². The third-order valence-corrected chi connectivity index (χ3v) is 5.14. The van der Waals surface area contributed by atoms with Gasteiger partial charge in [0.25, 0.3) is 5.91 Å². The van der Waals surface area contributed by atoms with E-state index in [9.17, 15) is 14.0 Å². The quantitative estimate of drug-likeness (QED) is 0.612. The van der Waals surface area contributed by atoms with Crippen LogP contribution in [-0.4, -0.2) is 26.1 Å². The Morgan fingerprint density at radius 1 is 1.03 bits per heavy atom. The normalized spacial score (nSPS) is 14.9. The highest BCUT2D eigenvalue weighted by molar-refractivity contribution is 6.06. The van der Waals surface area contributed by atoms with Crippen LogP contribution in [0.15, 0.2) is 60.7 Å². The number of cyclic esters (lactones) is 1. The zero-order valence-corrected chi connectivity index (χ0v) is 17.0. The van der Waals surface area contributed by atoms with Crippen molar-refractivity contribution in [1.29, 1.82) is 0 Å². The molecule has 4 rings (SSSR count). The molecule has 6 nitrogen and oxygen atoms in total. The molecule has 0 fully saturated rings. The molecule has 0 aromatic heterocycles. The van der Waals surface area contributed by atoms with E-state index in [2.05, 4.69) is 5.32 Å². The summed E-state index contributed by atoms with van der Waals surface area (Å²) >= 11 is 0. The Bertz CT molecular complexity index is 1140. The molecule has 7 heteroatoms. The number of carbonyl (C=O) groups excluding carboxylic acids is 2. The highest BCUT2D eigenvalue weighted by Gasteiger charge is 2.28. The first kappa shape index (κ1) is 20.4. The monoisotopic (exact) mass is 421 g/mol. The van der Waals surface area contributed by atoms with Gasteiger partial charge < -0.3 is 19.5 Å². The van der Waals surface area contributed by atoms with E-state index in [0.29, 0.717) is 45.9 Å². The van der Waals surface area contributed by atoms with Gasteiger partial charge in [-0.25, -0.2) is 9.18 Å². The predicted molar refractivity (Wildman–Crippen MR) is 112 cm³/mol. The second-order valence-electron chi connectivity index (χ2n) is 7.04. The van der Waals surface area contributed by atoms with E-state index in [4.69, 9.17) is 14.2 Å². The van der Waals surface area contributed by atoms with E-state index in [1.54, 1.807) is 55.6 Å². The third kappa shape index (κ3) is 4.21. The molecular formula is C24H20FNO5. The van der Waals surface area contributed by atoms with E-state index in [0.717, 1.165) is 0 Å². The molecule has 1 N–H and O–H groups in total. The van der Waals surface area contributed by atoms with Crippen LogP contribution in [0.4, 0.5) is 10.1 Å². The molecule has 3 aromatic carbocycles. The lowest BCUT2D eigenvalue weighted by Gasteiger charge is -2.25. The molecular weight excluding hydrogens is 401 g/mol. The Labute approximate surface area is 178 Å². The Hall–Kier alpha value is -3.87. The smallest absolute Gasteiger partial charge is 0.339 e. The number of esters is 1. The van der Waals surface area contributed by atoms with Crippen LogP contribution in [0.3, 0.4) is 0 Å². The number of nitrogens with one attached hydrogen (secondary N) is 1. The topological polar surface area (TPSA) is 73.9 Å². The summed E-state index contributed by atoms with van der Waals surface area (Å²) in [7, 11) is 3.05. The third-order valence-electron chi connectivity index (χ3n) is 5.14. The van der Waals surface area contributed by atoms with Crippen LogP contribution < -0.4 is 14.8 Å². The van der Waals surface area contributed by atoms with Gasteiger partial charge in [-0.05, 0) is 53.6 Å². The minimum Gasteiger partial charge on any atom is -0.497 e. The van der Waals surface area contributed by atoms with E-state index >= 15 is 0 Å². The highest BCUT2D eigenvalue weighted by Crippen LogP contribution is 2.32. The molecule has 0 saturated heterocycles. The molecule has 158 valence electrons. The van der Waals surface area contributed by atoms with Gasteiger partial charge in [0, 0.05) is 18.1 Å². The fourth-order valence-corrected chi connectivity index (χ4v) is 3.50. The summed E-state index contributed by atoms with van der Waals surface area (Å²) < 4.78 is 29.2. The van der Waals surface area contributed by atoms with Crippen LogP contribution in [0.1, 0.15) is 37.9 Å². The summed E-state index contributed by atoms with van der Waals surface area (Å²) in [5, 5.41) is 2.82. The van der Waals surface area contributed by atoms with Gasteiger partial charge in [-0.2, -0.15) is 0 Å². The van der Waals surface area contributed by atoms with E-state index in [1.165, 1.54) is 19.2 Å². The maximum atomic E-state index is 13.2. The lowest BCUT2D eigenvalue weighted by atomic mass is 9.93. The number of carbonyl (C=O) groups is 2. The van der Waals surface area contributed by atoms with Crippen molar-refractivity contribution in [3.63, 3.8) is 0 Å².